The van der Waals surface area contributed by atoms with Gasteiger partial charge in [-0.3, -0.25) is 19.3 Å². The molecule has 1 atom stereocenters. The average Bonchev–Trinajstić information content (AvgIpc) is 3.27. The molecule has 8 nitrogen and oxygen atoms in total. The van der Waals surface area contributed by atoms with E-state index >= 15 is 0 Å². The third kappa shape index (κ3) is 5.91. The molecule has 1 aliphatic heterocycles. The van der Waals surface area contributed by atoms with Crippen LogP contribution < -0.4 is 0 Å². The van der Waals surface area contributed by atoms with Crippen LogP contribution in [0.1, 0.15) is 44.2 Å². The minimum absolute atomic E-state index is 0.0308. The number of pyridine rings is 1. The van der Waals surface area contributed by atoms with Gasteiger partial charge in [-0.05, 0) is 31.0 Å². The van der Waals surface area contributed by atoms with E-state index in [2.05, 4.69) is 10.1 Å². The molecule has 0 N–H and O–H groups in total. The van der Waals surface area contributed by atoms with Gasteiger partial charge in [-0.2, -0.15) is 5.10 Å². The first kappa shape index (κ1) is 21.5. The Hall–Kier alpha value is -2.74. The highest BCUT2D eigenvalue weighted by atomic mass is 16.5. The zero-order valence-corrected chi connectivity index (χ0v) is 17.9. The molecule has 0 aromatic carbocycles. The van der Waals surface area contributed by atoms with E-state index in [0.29, 0.717) is 32.7 Å². The standard InChI is InChI=1S/C23H31N5O3/c29-22(10-14-27-13-6-12-25-27)26-15-21(31-18-19-7-4-5-11-24-19)16-28(23(30)17-26)20-8-2-1-3-9-20/h4-7,11-13,20-21H,1-3,8-10,14-18H2. The molecule has 2 amide bonds. The maximum absolute atomic E-state index is 13.1. The summed E-state index contributed by atoms with van der Waals surface area (Å²) in [5.74, 6) is -0.0101. The van der Waals surface area contributed by atoms with Crippen molar-refractivity contribution in [2.24, 2.45) is 0 Å². The number of nitrogens with zero attached hydrogens (tertiary/aromatic N) is 5. The van der Waals surface area contributed by atoms with Crippen LogP contribution in [-0.2, 0) is 27.5 Å². The van der Waals surface area contributed by atoms with Crippen molar-refractivity contribution < 1.29 is 14.3 Å². The fraction of sp³-hybridized carbons (Fsp3) is 0.565. The van der Waals surface area contributed by atoms with E-state index in [-0.39, 0.29) is 30.5 Å². The van der Waals surface area contributed by atoms with Crippen LogP contribution in [0.5, 0.6) is 0 Å². The van der Waals surface area contributed by atoms with Crippen LogP contribution in [0, 0.1) is 0 Å². The Morgan fingerprint density at radius 2 is 1.97 bits per heavy atom. The summed E-state index contributed by atoms with van der Waals surface area (Å²) < 4.78 is 7.92. The molecular weight excluding hydrogens is 394 g/mol. The second-order valence-corrected chi connectivity index (χ2v) is 8.39. The van der Waals surface area contributed by atoms with Gasteiger partial charge in [-0.1, -0.05) is 25.3 Å². The lowest BCUT2D eigenvalue weighted by molar-refractivity contribution is -0.140. The molecule has 31 heavy (non-hydrogen) atoms. The number of ether oxygens (including phenoxy) is 1. The number of aromatic nitrogens is 3. The number of carbonyl (C=O) groups is 2. The van der Waals surface area contributed by atoms with Gasteiger partial charge in [0, 0.05) is 50.7 Å². The fourth-order valence-corrected chi connectivity index (χ4v) is 4.47. The van der Waals surface area contributed by atoms with Crippen molar-refractivity contribution in [1.82, 2.24) is 24.6 Å². The van der Waals surface area contributed by atoms with Crippen LogP contribution in [0.25, 0.3) is 0 Å². The van der Waals surface area contributed by atoms with Gasteiger partial charge in [0.05, 0.1) is 24.9 Å². The molecule has 1 saturated heterocycles. The van der Waals surface area contributed by atoms with E-state index in [4.69, 9.17) is 4.74 Å². The van der Waals surface area contributed by atoms with Crippen molar-refractivity contribution in [2.75, 3.05) is 19.6 Å². The highest BCUT2D eigenvalue weighted by Gasteiger charge is 2.34. The van der Waals surface area contributed by atoms with Crippen LogP contribution in [0.2, 0.25) is 0 Å². The Morgan fingerprint density at radius 1 is 1.10 bits per heavy atom. The Balaban J connectivity index is 1.44. The SMILES string of the molecule is O=C(CCn1cccn1)N1CC(=O)N(C2CCCCC2)CC(OCc2ccccn2)C1. The molecule has 0 bridgehead atoms. The van der Waals surface area contributed by atoms with Crippen LogP contribution in [0.4, 0.5) is 0 Å². The highest BCUT2D eigenvalue weighted by molar-refractivity contribution is 5.85. The number of amides is 2. The number of carbonyl (C=O) groups excluding carboxylic acids is 2. The third-order valence-corrected chi connectivity index (χ3v) is 6.15. The lowest BCUT2D eigenvalue weighted by Gasteiger charge is -2.34. The summed E-state index contributed by atoms with van der Waals surface area (Å²) in [6.07, 6.45) is 11.0. The summed E-state index contributed by atoms with van der Waals surface area (Å²) in [7, 11) is 0. The van der Waals surface area contributed by atoms with E-state index in [1.807, 2.05) is 35.4 Å². The number of hydrogen-bond donors (Lipinski definition) is 0. The van der Waals surface area contributed by atoms with Gasteiger partial charge in [-0.25, -0.2) is 0 Å². The van der Waals surface area contributed by atoms with Gasteiger partial charge in [0.1, 0.15) is 0 Å². The molecule has 0 spiro atoms. The molecule has 0 radical (unpaired) electrons. The van der Waals surface area contributed by atoms with Crippen LogP contribution in [-0.4, -0.2) is 68.2 Å². The predicted octanol–water partition coefficient (Wildman–Crippen LogP) is 2.26. The highest BCUT2D eigenvalue weighted by Crippen LogP contribution is 2.25. The Labute approximate surface area is 183 Å². The lowest BCUT2D eigenvalue weighted by atomic mass is 9.94. The minimum Gasteiger partial charge on any atom is -0.368 e. The van der Waals surface area contributed by atoms with Gasteiger partial charge in [0.25, 0.3) is 0 Å². The molecule has 3 heterocycles. The van der Waals surface area contributed by atoms with Gasteiger partial charge < -0.3 is 14.5 Å². The molecular formula is C23H31N5O3. The summed E-state index contributed by atoms with van der Waals surface area (Å²) in [6, 6.07) is 7.82. The van der Waals surface area contributed by atoms with Gasteiger partial charge >= 0.3 is 0 Å². The molecule has 166 valence electrons. The normalized spacial score (nSPS) is 20.6. The Bertz CT molecular complexity index is 836. The van der Waals surface area contributed by atoms with Gasteiger partial charge in [0.2, 0.25) is 11.8 Å². The molecule has 8 heteroatoms. The van der Waals surface area contributed by atoms with E-state index in [1.165, 1.54) is 6.42 Å². The van der Waals surface area contributed by atoms with E-state index in [1.54, 1.807) is 22.0 Å². The summed E-state index contributed by atoms with van der Waals surface area (Å²) in [6.45, 7) is 1.94. The summed E-state index contributed by atoms with van der Waals surface area (Å²) in [5, 5.41) is 4.16. The van der Waals surface area contributed by atoms with Crippen LogP contribution >= 0.6 is 0 Å². The van der Waals surface area contributed by atoms with Gasteiger partial charge in [0.15, 0.2) is 0 Å². The number of rotatable bonds is 7. The smallest absolute Gasteiger partial charge is 0.242 e. The van der Waals surface area contributed by atoms with Gasteiger partial charge in [-0.15, -0.1) is 0 Å². The molecule has 2 aliphatic rings. The largest absolute Gasteiger partial charge is 0.368 e. The maximum Gasteiger partial charge on any atom is 0.242 e. The number of hydrogen-bond acceptors (Lipinski definition) is 5. The van der Waals surface area contributed by atoms with E-state index < -0.39 is 0 Å². The van der Waals surface area contributed by atoms with Crippen LogP contribution in [0.15, 0.2) is 42.9 Å². The fourth-order valence-electron chi connectivity index (χ4n) is 4.47. The molecule has 1 aliphatic carbocycles. The molecule has 2 aromatic rings. The molecule has 1 saturated carbocycles. The average molecular weight is 426 g/mol. The van der Waals surface area contributed by atoms with Crippen molar-refractivity contribution in [3.05, 3.63) is 48.5 Å². The zero-order valence-electron chi connectivity index (χ0n) is 17.9. The Kier molecular flexibility index (Phi) is 7.30. The summed E-state index contributed by atoms with van der Waals surface area (Å²) in [5.41, 5.74) is 0.846. The quantitative estimate of drug-likeness (QED) is 0.680. The van der Waals surface area contributed by atoms with E-state index in [0.717, 1.165) is 31.4 Å². The van der Waals surface area contributed by atoms with Crippen molar-refractivity contribution in [3.63, 3.8) is 0 Å². The summed E-state index contributed by atoms with van der Waals surface area (Å²) in [4.78, 5) is 34.0. The summed E-state index contributed by atoms with van der Waals surface area (Å²) >= 11 is 0. The van der Waals surface area contributed by atoms with Crippen molar-refractivity contribution in [3.8, 4) is 0 Å². The monoisotopic (exact) mass is 425 g/mol. The molecule has 1 unspecified atom stereocenters. The molecule has 2 fully saturated rings. The first-order valence-electron chi connectivity index (χ1n) is 11.3. The number of aryl methyl sites for hydroxylation is 1. The van der Waals surface area contributed by atoms with Crippen molar-refractivity contribution >= 4 is 11.8 Å². The Morgan fingerprint density at radius 3 is 2.71 bits per heavy atom. The molecule has 4 rings (SSSR count). The maximum atomic E-state index is 13.1. The lowest BCUT2D eigenvalue weighted by Crippen LogP contribution is -2.46. The minimum atomic E-state index is -0.232. The first-order valence-corrected chi connectivity index (χ1v) is 11.3. The third-order valence-electron chi connectivity index (χ3n) is 6.15. The topological polar surface area (TPSA) is 80.6 Å². The van der Waals surface area contributed by atoms with E-state index in [9.17, 15) is 9.59 Å². The predicted molar refractivity (Wildman–Crippen MR) is 115 cm³/mol. The first-order chi connectivity index (χ1) is 15.2. The second-order valence-electron chi connectivity index (χ2n) is 8.39. The van der Waals surface area contributed by atoms with Crippen molar-refractivity contribution in [2.45, 2.75) is 63.8 Å². The zero-order chi connectivity index (χ0) is 21.5. The molecule has 2 aromatic heterocycles. The van der Waals surface area contributed by atoms with Crippen LogP contribution in [0.3, 0.4) is 0 Å². The van der Waals surface area contributed by atoms with Crippen molar-refractivity contribution in [1.29, 1.82) is 0 Å². The second kappa shape index (κ2) is 10.5.